The molecule has 0 bridgehead atoms. The van der Waals surface area contributed by atoms with E-state index in [0.29, 0.717) is 43.5 Å². The standard InChI is InChI=1S/C73H116N12O14/c1-19-53-68(93)83(17)59(41-52-31-25-21-26-32-52)71(96)81(15)57(39-48(8)9)67(92)77-63(50(11)86)73(98)78(12)43-62(88)80(14)56(38-47(6)7)65(90)76-55(70(95)85-34-27-22-28-35-85)42-61(87)79(13)49(10)64(89)75-54(37-46(4)5)69(94)84(18)60(44-99-36-33-45(2)3)72(97)82(16)58(66(91)74-53)40-51-29-23-20-24-30-51/h20-21,23-26,29-32,45-50,53-60,63,86H,19,22,27-28,33-44H2,1-18H3,(H,74,91)(H,75,89)(H,76,90)(H,77,92)/t49-,50+,53-,54-,55-,56-,57-,58-,59-,60-,63-/m0/s1. The molecule has 2 aromatic carbocycles. The Morgan fingerprint density at radius 3 is 1.46 bits per heavy atom. The van der Waals surface area contributed by atoms with Crippen molar-refractivity contribution in [3.05, 3.63) is 71.8 Å². The van der Waals surface area contributed by atoms with Crippen LogP contribution in [0.1, 0.15) is 145 Å². The average molecular weight is 1390 g/mol. The van der Waals surface area contributed by atoms with E-state index in [0.717, 1.165) is 21.1 Å². The largest absolute Gasteiger partial charge is 0.391 e. The summed E-state index contributed by atoms with van der Waals surface area (Å²) in [4.78, 5) is 188. The molecule has 2 aliphatic rings. The highest BCUT2D eigenvalue weighted by Gasteiger charge is 2.44. The summed E-state index contributed by atoms with van der Waals surface area (Å²) >= 11 is 0. The van der Waals surface area contributed by atoms with Gasteiger partial charge in [0.15, 0.2) is 0 Å². The monoisotopic (exact) mass is 1380 g/mol. The smallest absolute Gasteiger partial charge is 0.248 e. The van der Waals surface area contributed by atoms with Crippen LogP contribution in [0, 0.1) is 23.7 Å². The predicted octanol–water partition coefficient (Wildman–Crippen LogP) is 3.26. The molecule has 552 valence electrons. The van der Waals surface area contributed by atoms with Gasteiger partial charge in [0.25, 0.3) is 0 Å². The van der Waals surface area contributed by atoms with Crippen molar-refractivity contribution in [1.29, 1.82) is 0 Å². The number of aliphatic hydroxyl groups excluding tert-OH is 1. The summed E-state index contributed by atoms with van der Waals surface area (Å²) in [5.41, 5.74) is 1.30. The molecule has 11 atom stereocenters. The summed E-state index contributed by atoms with van der Waals surface area (Å²) in [6, 6.07) is 4.21. The Bertz CT molecular complexity index is 3040. The number of likely N-dealkylation sites (tertiary alicyclic amines) is 1. The number of nitrogens with one attached hydrogen (secondary N) is 4. The number of carbonyl (C=O) groups is 12. The third kappa shape index (κ3) is 24.4. The minimum atomic E-state index is -1.67. The number of aliphatic hydroxyl groups is 1. The summed E-state index contributed by atoms with van der Waals surface area (Å²) in [6.07, 6.45) is 0.750. The lowest BCUT2D eigenvalue weighted by molar-refractivity contribution is -0.152. The minimum absolute atomic E-state index is 0.0120. The summed E-state index contributed by atoms with van der Waals surface area (Å²) in [5.74, 6) is -9.21. The number of amides is 12. The number of carbonyl (C=O) groups excluding carboxylic acids is 12. The van der Waals surface area contributed by atoms with Crippen molar-refractivity contribution < 1.29 is 67.4 Å². The van der Waals surface area contributed by atoms with Gasteiger partial charge in [-0.3, -0.25) is 57.5 Å². The van der Waals surface area contributed by atoms with E-state index in [-0.39, 0.29) is 75.4 Å². The normalized spacial score (nSPS) is 25.2. The molecule has 2 aliphatic heterocycles. The summed E-state index contributed by atoms with van der Waals surface area (Å²) in [7, 11) is 9.67. The first-order valence-corrected chi connectivity index (χ1v) is 35.2. The maximum absolute atomic E-state index is 15.4. The molecule has 26 heteroatoms. The van der Waals surface area contributed by atoms with Crippen LogP contribution in [0.3, 0.4) is 0 Å². The van der Waals surface area contributed by atoms with E-state index in [1.165, 1.54) is 82.8 Å². The topological polar surface area (TPSA) is 308 Å². The van der Waals surface area contributed by atoms with Crippen LogP contribution in [0.5, 0.6) is 0 Å². The Morgan fingerprint density at radius 2 is 0.949 bits per heavy atom. The fraction of sp³-hybridized carbons (Fsp3) is 0.671. The molecule has 0 unspecified atom stereocenters. The zero-order valence-corrected chi connectivity index (χ0v) is 62.1. The number of hydrogen-bond donors (Lipinski definition) is 5. The minimum Gasteiger partial charge on any atom is -0.391 e. The Hall–Kier alpha value is -8.00. The van der Waals surface area contributed by atoms with Crippen LogP contribution < -0.4 is 21.3 Å². The quantitative estimate of drug-likeness (QED) is 0.134. The molecule has 2 saturated heterocycles. The van der Waals surface area contributed by atoms with Crippen molar-refractivity contribution in [2.45, 2.75) is 213 Å². The lowest BCUT2D eigenvalue weighted by Crippen LogP contribution is -2.62. The van der Waals surface area contributed by atoms with E-state index < -0.39 is 150 Å². The fourth-order valence-corrected chi connectivity index (χ4v) is 12.2. The highest BCUT2D eigenvalue weighted by atomic mass is 16.5. The molecule has 12 amide bonds. The van der Waals surface area contributed by atoms with Crippen molar-refractivity contribution in [1.82, 2.24) is 60.5 Å². The maximum atomic E-state index is 15.4. The molecule has 0 radical (unpaired) electrons. The third-order valence-corrected chi connectivity index (χ3v) is 18.8. The van der Waals surface area contributed by atoms with Gasteiger partial charge in [-0.05, 0) is 100 Å². The zero-order chi connectivity index (χ0) is 74.3. The molecule has 26 nitrogen and oxygen atoms in total. The maximum Gasteiger partial charge on any atom is 0.248 e. The van der Waals surface area contributed by atoms with Gasteiger partial charge in [-0.1, -0.05) is 123 Å². The van der Waals surface area contributed by atoms with Gasteiger partial charge in [0.05, 0.1) is 25.7 Å². The van der Waals surface area contributed by atoms with Crippen LogP contribution in [-0.4, -0.2) is 264 Å². The third-order valence-electron chi connectivity index (χ3n) is 18.8. The predicted molar refractivity (Wildman–Crippen MR) is 376 cm³/mol. The molecule has 0 saturated carbocycles. The van der Waals surface area contributed by atoms with E-state index in [2.05, 4.69) is 21.3 Å². The molecular weight excluding hydrogens is 1270 g/mol. The fourth-order valence-electron chi connectivity index (χ4n) is 12.2. The van der Waals surface area contributed by atoms with Crippen LogP contribution in [0.4, 0.5) is 0 Å². The zero-order valence-electron chi connectivity index (χ0n) is 62.1. The molecule has 99 heavy (non-hydrogen) atoms. The van der Waals surface area contributed by atoms with Crippen molar-refractivity contribution in [2.75, 3.05) is 82.2 Å². The number of nitrogens with zero attached hydrogens (tertiary/aromatic N) is 8. The average Bonchev–Trinajstić information content (AvgIpc) is 1.77. The first kappa shape index (κ1) is 83.4. The molecule has 0 aliphatic carbocycles. The molecule has 2 heterocycles. The molecule has 2 fully saturated rings. The van der Waals surface area contributed by atoms with Gasteiger partial charge in [0.1, 0.15) is 60.4 Å². The number of hydrogen-bond acceptors (Lipinski definition) is 14. The Balaban J connectivity index is 1.96. The SMILES string of the molecule is CC[C@@H]1NC(=O)[C@H](Cc2ccccc2)N(C)C(=O)[C@H](COCCC(C)C)N(C)C(=O)[C@H](CC(C)C)NC(=O)[C@H](C)N(C)C(=O)C[C@@H](C(=O)N2CCCCC2)NC(=O)[C@H](CC(C)C)N(C)C(=O)CN(C)C(=O)[C@H]([C@@H](C)O)NC(=O)[C@H](CC(C)C)N(C)C(=O)[C@H](Cc2ccccc2)N(C)C1=O. The van der Waals surface area contributed by atoms with Crippen molar-refractivity contribution in [3.8, 4) is 0 Å². The highest BCUT2D eigenvalue weighted by molar-refractivity contribution is 6.00. The lowest BCUT2D eigenvalue weighted by Gasteiger charge is -2.38. The van der Waals surface area contributed by atoms with Gasteiger partial charge in [-0.15, -0.1) is 0 Å². The van der Waals surface area contributed by atoms with Crippen LogP contribution in [0.25, 0.3) is 0 Å². The first-order valence-electron chi connectivity index (χ1n) is 35.2. The highest BCUT2D eigenvalue weighted by Crippen LogP contribution is 2.23. The summed E-state index contributed by atoms with van der Waals surface area (Å²) in [6.45, 7) is 19.4. The number of benzene rings is 2. The number of likely N-dealkylation sites (N-methyl/N-ethyl adjacent to an activating group) is 7. The molecule has 0 aromatic heterocycles. The van der Waals surface area contributed by atoms with Crippen LogP contribution in [0.15, 0.2) is 60.7 Å². The van der Waals surface area contributed by atoms with Gasteiger partial charge >= 0.3 is 0 Å². The summed E-state index contributed by atoms with van der Waals surface area (Å²) in [5, 5.41) is 22.4. The van der Waals surface area contributed by atoms with Crippen LogP contribution >= 0.6 is 0 Å². The Morgan fingerprint density at radius 1 is 0.495 bits per heavy atom. The van der Waals surface area contributed by atoms with E-state index >= 15 is 24.0 Å². The van der Waals surface area contributed by atoms with Gasteiger partial charge in [-0.2, -0.15) is 0 Å². The molecule has 2 aromatic rings. The van der Waals surface area contributed by atoms with Crippen LogP contribution in [0.2, 0.25) is 0 Å². The number of ether oxygens (including phenoxy) is 1. The van der Waals surface area contributed by atoms with E-state index in [1.54, 1.807) is 72.5 Å². The van der Waals surface area contributed by atoms with Gasteiger partial charge in [0, 0.05) is 81.9 Å². The van der Waals surface area contributed by atoms with E-state index in [9.17, 15) is 38.7 Å². The van der Waals surface area contributed by atoms with Gasteiger partial charge in [-0.25, -0.2) is 0 Å². The Kier molecular flexibility index (Phi) is 33.5. The molecule has 5 N–H and O–H groups in total. The van der Waals surface area contributed by atoms with E-state index in [4.69, 9.17) is 4.74 Å². The second-order valence-electron chi connectivity index (χ2n) is 28.7. The van der Waals surface area contributed by atoms with Crippen LogP contribution in [-0.2, 0) is 75.1 Å². The first-order chi connectivity index (χ1) is 46.5. The summed E-state index contributed by atoms with van der Waals surface area (Å²) < 4.78 is 6.17. The van der Waals surface area contributed by atoms with Crippen molar-refractivity contribution >= 4 is 70.9 Å². The number of rotatable bonds is 18. The number of piperidine rings is 1. The Labute approximate surface area is 587 Å². The van der Waals surface area contributed by atoms with Gasteiger partial charge in [0.2, 0.25) is 70.9 Å². The van der Waals surface area contributed by atoms with Crippen molar-refractivity contribution in [2.24, 2.45) is 23.7 Å². The van der Waals surface area contributed by atoms with Crippen molar-refractivity contribution in [3.63, 3.8) is 0 Å². The lowest BCUT2D eigenvalue weighted by atomic mass is 9.98. The molecular formula is C73H116N12O14. The second kappa shape index (κ2) is 39.7. The molecule has 4 rings (SSSR count). The molecule has 0 spiro atoms. The second-order valence-corrected chi connectivity index (χ2v) is 28.7. The van der Waals surface area contributed by atoms with Gasteiger partial charge < -0.3 is 70.3 Å². The van der Waals surface area contributed by atoms with E-state index in [1.807, 2.05) is 55.4 Å².